The Bertz CT molecular complexity index is 674. The molecule has 1 spiro atoms. The van der Waals surface area contributed by atoms with Crippen molar-refractivity contribution in [2.24, 2.45) is 17.3 Å². The summed E-state index contributed by atoms with van der Waals surface area (Å²) in [7, 11) is 0. The quantitative estimate of drug-likeness (QED) is 0.563. The molecule has 1 saturated carbocycles. The summed E-state index contributed by atoms with van der Waals surface area (Å²) in [6.07, 6.45) is 13.6. The number of thioether (sulfide) groups is 2. The summed E-state index contributed by atoms with van der Waals surface area (Å²) in [4.78, 5) is 16.1. The van der Waals surface area contributed by atoms with Crippen molar-refractivity contribution in [1.82, 2.24) is 4.90 Å². The SMILES string of the molecule is CC1(C)CC(=O)C2C(C1)N1CCC3CCCC=C3C1=CC21SCCCS1. The van der Waals surface area contributed by atoms with E-state index in [-0.39, 0.29) is 15.4 Å². The first-order valence-corrected chi connectivity index (χ1v) is 12.5. The van der Waals surface area contributed by atoms with Gasteiger partial charge in [-0.05, 0) is 73.0 Å². The maximum Gasteiger partial charge on any atom is 0.141 e. The number of nitrogens with zero attached hydrogens (tertiary/aromatic N) is 1. The van der Waals surface area contributed by atoms with Crippen molar-refractivity contribution < 1.29 is 4.79 Å². The molecule has 3 aliphatic heterocycles. The number of hydrogen-bond donors (Lipinski definition) is 0. The van der Waals surface area contributed by atoms with E-state index in [1.165, 1.54) is 55.7 Å². The van der Waals surface area contributed by atoms with Crippen LogP contribution in [0.2, 0.25) is 0 Å². The van der Waals surface area contributed by atoms with Crippen molar-refractivity contribution in [3.05, 3.63) is 23.4 Å². The standard InChI is InChI=1S/C22H31NOS2/c1-21(2)12-18-20(19(24)14-21)22(25-10-5-11-26-22)13-17-16-7-4-3-6-15(16)8-9-23(17)18/h7,13,15,18,20H,3-6,8-12,14H2,1-2H3. The molecule has 0 bridgehead atoms. The van der Waals surface area contributed by atoms with E-state index in [4.69, 9.17) is 0 Å². The van der Waals surface area contributed by atoms with Crippen LogP contribution >= 0.6 is 23.5 Å². The highest BCUT2D eigenvalue weighted by Crippen LogP contribution is 2.59. The molecule has 3 heterocycles. The van der Waals surface area contributed by atoms with E-state index >= 15 is 0 Å². The van der Waals surface area contributed by atoms with Gasteiger partial charge in [-0.25, -0.2) is 0 Å². The fourth-order valence-corrected chi connectivity index (χ4v) is 9.65. The molecule has 0 amide bonds. The van der Waals surface area contributed by atoms with Crippen LogP contribution in [0.1, 0.15) is 58.8 Å². The Kier molecular flexibility index (Phi) is 4.32. The molecular weight excluding hydrogens is 358 g/mol. The van der Waals surface area contributed by atoms with Crippen LogP contribution in [0.3, 0.4) is 0 Å². The van der Waals surface area contributed by atoms with Gasteiger partial charge in [-0.2, -0.15) is 0 Å². The predicted octanol–water partition coefficient (Wildman–Crippen LogP) is 5.26. The van der Waals surface area contributed by atoms with E-state index in [2.05, 4.69) is 54.4 Å². The smallest absolute Gasteiger partial charge is 0.141 e. The zero-order chi connectivity index (χ0) is 17.9. The van der Waals surface area contributed by atoms with Gasteiger partial charge in [0.25, 0.3) is 0 Å². The van der Waals surface area contributed by atoms with Crippen LogP contribution in [0.15, 0.2) is 23.4 Å². The maximum absolute atomic E-state index is 13.4. The summed E-state index contributed by atoms with van der Waals surface area (Å²) in [5.41, 5.74) is 3.29. The Balaban J connectivity index is 1.63. The molecule has 2 nitrogen and oxygen atoms in total. The predicted molar refractivity (Wildman–Crippen MR) is 112 cm³/mol. The number of Topliss-reactive ketones (excluding diaryl/α,β-unsaturated/α-hetero) is 1. The number of ketones is 1. The Labute approximate surface area is 166 Å². The van der Waals surface area contributed by atoms with Crippen LogP contribution < -0.4 is 0 Å². The van der Waals surface area contributed by atoms with Gasteiger partial charge in [-0.3, -0.25) is 4.79 Å². The number of hydrogen-bond acceptors (Lipinski definition) is 4. The fraction of sp³-hybridized carbons (Fsp3) is 0.773. The summed E-state index contributed by atoms with van der Waals surface area (Å²) >= 11 is 4.17. The second kappa shape index (κ2) is 6.34. The molecule has 0 aromatic heterocycles. The molecule has 3 atom stereocenters. The average Bonchev–Trinajstić information content (AvgIpc) is 2.61. The summed E-state index contributed by atoms with van der Waals surface area (Å²) in [6, 6.07) is 0.410. The van der Waals surface area contributed by atoms with Crippen molar-refractivity contribution in [2.45, 2.75) is 68.9 Å². The van der Waals surface area contributed by atoms with Crippen molar-refractivity contribution in [3.8, 4) is 0 Å². The number of carbonyl (C=O) groups excluding carboxylic acids is 1. The van der Waals surface area contributed by atoms with Crippen LogP contribution in [0.5, 0.6) is 0 Å². The molecule has 0 aromatic rings. The first-order valence-electron chi connectivity index (χ1n) is 10.5. The van der Waals surface area contributed by atoms with Gasteiger partial charge >= 0.3 is 0 Å². The molecule has 3 unspecified atom stereocenters. The third-order valence-corrected chi connectivity index (χ3v) is 10.5. The molecule has 0 radical (unpaired) electrons. The van der Waals surface area contributed by atoms with Gasteiger partial charge in [-0.15, -0.1) is 23.5 Å². The lowest BCUT2D eigenvalue weighted by Crippen LogP contribution is -2.61. The highest BCUT2D eigenvalue weighted by atomic mass is 32.2. The Morgan fingerprint density at radius 2 is 1.96 bits per heavy atom. The molecule has 142 valence electrons. The van der Waals surface area contributed by atoms with Gasteiger partial charge in [0.15, 0.2) is 0 Å². The summed E-state index contributed by atoms with van der Waals surface area (Å²) in [5.74, 6) is 3.91. The molecular formula is C22H31NOS2. The van der Waals surface area contributed by atoms with Crippen LogP contribution in [0, 0.1) is 17.3 Å². The fourth-order valence-electron chi connectivity index (χ4n) is 6.09. The van der Waals surface area contributed by atoms with Gasteiger partial charge in [0.05, 0.1) is 10.00 Å². The summed E-state index contributed by atoms with van der Waals surface area (Å²) in [5, 5.41) is 0. The zero-order valence-electron chi connectivity index (χ0n) is 16.1. The van der Waals surface area contributed by atoms with E-state index in [0.717, 1.165) is 18.9 Å². The van der Waals surface area contributed by atoms with E-state index in [9.17, 15) is 4.79 Å². The van der Waals surface area contributed by atoms with Gasteiger partial charge in [0.1, 0.15) is 5.78 Å². The average molecular weight is 390 g/mol. The topological polar surface area (TPSA) is 20.3 Å². The third-order valence-electron chi connectivity index (χ3n) is 7.15. The molecule has 0 N–H and O–H groups in total. The number of rotatable bonds is 0. The van der Waals surface area contributed by atoms with Crippen LogP contribution in [0.25, 0.3) is 0 Å². The number of allylic oxidation sites excluding steroid dienone is 2. The third kappa shape index (κ3) is 2.73. The Morgan fingerprint density at radius 3 is 2.77 bits per heavy atom. The number of piperidine rings is 1. The minimum Gasteiger partial charge on any atom is -0.368 e. The van der Waals surface area contributed by atoms with Gasteiger partial charge in [0, 0.05) is 24.7 Å². The first kappa shape index (κ1) is 17.7. The lowest BCUT2D eigenvalue weighted by atomic mass is 9.65. The molecule has 2 aliphatic carbocycles. The maximum atomic E-state index is 13.4. The largest absolute Gasteiger partial charge is 0.368 e. The summed E-state index contributed by atoms with van der Waals surface area (Å²) in [6.45, 7) is 5.77. The molecule has 3 fully saturated rings. The minimum atomic E-state index is 0.00249. The molecule has 4 heteroatoms. The van der Waals surface area contributed by atoms with Crippen LogP contribution in [0.4, 0.5) is 0 Å². The lowest BCUT2D eigenvalue weighted by Gasteiger charge is -2.58. The molecule has 0 aromatic carbocycles. The lowest BCUT2D eigenvalue weighted by molar-refractivity contribution is -0.132. The van der Waals surface area contributed by atoms with E-state index in [1.807, 2.05) is 0 Å². The van der Waals surface area contributed by atoms with E-state index in [1.54, 1.807) is 5.57 Å². The first-order chi connectivity index (χ1) is 12.5. The van der Waals surface area contributed by atoms with Crippen molar-refractivity contribution in [1.29, 1.82) is 0 Å². The van der Waals surface area contributed by atoms with Gasteiger partial charge < -0.3 is 4.90 Å². The highest BCUT2D eigenvalue weighted by molar-refractivity contribution is 8.19. The van der Waals surface area contributed by atoms with Crippen molar-refractivity contribution >= 4 is 29.3 Å². The number of fused-ring (bicyclic) bond motifs is 6. The van der Waals surface area contributed by atoms with Gasteiger partial charge in [0.2, 0.25) is 0 Å². The second-order valence-corrected chi connectivity index (χ2v) is 12.6. The summed E-state index contributed by atoms with van der Waals surface area (Å²) < 4.78 is 0.00249. The van der Waals surface area contributed by atoms with Gasteiger partial charge in [-0.1, -0.05) is 19.9 Å². The Morgan fingerprint density at radius 1 is 1.15 bits per heavy atom. The second-order valence-electron chi connectivity index (χ2n) is 9.63. The monoisotopic (exact) mass is 389 g/mol. The zero-order valence-corrected chi connectivity index (χ0v) is 17.8. The molecule has 5 aliphatic rings. The highest BCUT2D eigenvalue weighted by Gasteiger charge is 2.57. The normalized spacial score (nSPS) is 38.0. The van der Waals surface area contributed by atoms with E-state index in [0.29, 0.717) is 11.8 Å². The molecule has 5 rings (SSSR count). The molecule has 2 saturated heterocycles. The van der Waals surface area contributed by atoms with Crippen LogP contribution in [-0.4, -0.2) is 38.9 Å². The van der Waals surface area contributed by atoms with Crippen molar-refractivity contribution in [2.75, 3.05) is 18.1 Å². The number of carbonyl (C=O) groups is 1. The van der Waals surface area contributed by atoms with Crippen molar-refractivity contribution in [3.63, 3.8) is 0 Å². The Hall–Kier alpha value is -0.350. The van der Waals surface area contributed by atoms with Crippen LogP contribution in [-0.2, 0) is 4.79 Å². The molecule has 26 heavy (non-hydrogen) atoms. The van der Waals surface area contributed by atoms with E-state index < -0.39 is 0 Å². The minimum absolute atomic E-state index is 0.00249.